The molecule has 3 unspecified atom stereocenters. The van der Waals surface area contributed by atoms with Crippen LogP contribution in [0.25, 0.3) is 0 Å². The molecule has 1 saturated carbocycles. The summed E-state index contributed by atoms with van der Waals surface area (Å²) in [5.74, 6) is -3.64. The Kier molecular flexibility index (Phi) is 12.2. The summed E-state index contributed by atoms with van der Waals surface area (Å²) in [4.78, 5) is 65.2. The van der Waals surface area contributed by atoms with E-state index >= 15 is 0 Å². The monoisotopic (exact) mass is 700 g/mol. The standard InChI is InChI=1S/C36H46Cl2N4O6/c1-35(2)20-23(32(45)42-35)18-27(29(43)31(39)44)40-33(46)28(16-21-10-6-5-7-11-21)41-34(47)48-30(22-12-8-14-25(37)17-22)36(3,4)24-13-9-15-26(38)19-24/h8-9,12-15,17,19,21,23,27-28,30H,5-7,10-11,16,18,20H2,1-4H3,(H2,39,44)(H,40,46)(H,41,47)(H,42,45)/t23?,27?,28-,30?/m0/s1. The van der Waals surface area contributed by atoms with E-state index in [4.69, 9.17) is 33.7 Å². The first kappa shape index (κ1) is 37.2. The molecular weight excluding hydrogens is 655 g/mol. The number of alkyl carbamates (subject to hydrolysis) is 1. The third-order valence-electron chi connectivity index (χ3n) is 9.49. The van der Waals surface area contributed by atoms with E-state index in [1.165, 1.54) is 0 Å². The second-order valence-electron chi connectivity index (χ2n) is 14.3. The lowest BCUT2D eigenvalue weighted by Crippen LogP contribution is -2.54. The average molecular weight is 702 g/mol. The van der Waals surface area contributed by atoms with Crippen molar-refractivity contribution in [1.82, 2.24) is 16.0 Å². The Hall–Kier alpha value is -3.63. The van der Waals surface area contributed by atoms with Crippen LogP contribution in [-0.2, 0) is 29.3 Å². The molecular formula is C36H46Cl2N4O6. The van der Waals surface area contributed by atoms with E-state index in [1.807, 2.05) is 45.9 Å². The van der Waals surface area contributed by atoms with Crippen molar-refractivity contribution in [2.24, 2.45) is 17.6 Å². The van der Waals surface area contributed by atoms with Gasteiger partial charge in [-0.1, -0.05) is 93.4 Å². The number of halogens is 2. The Morgan fingerprint density at radius 2 is 1.60 bits per heavy atom. The van der Waals surface area contributed by atoms with E-state index in [9.17, 15) is 24.0 Å². The fourth-order valence-electron chi connectivity index (χ4n) is 6.96. The zero-order chi connectivity index (χ0) is 35.2. The number of ketones is 1. The lowest BCUT2D eigenvalue weighted by Gasteiger charge is -2.35. The molecule has 1 saturated heterocycles. The summed E-state index contributed by atoms with van der Waals surface area (Å²) in [5, 5.41) is 9.27. The second-order valence-corrected chi connectivity index (χ2v) is 15.2. The molecule has 2 aromatic carbocycles. The summed E-state index contributed by atoms with van der Waals surface area (Å²) >= 11 is 12.7. The number of ether oxygens (including phenoxy) is 1. The SMILES string of the molecule is CC1(C)CC(CC(NC(=O)[C@H](CC2CCCCC2)NC(=O)OC(c2cccc(Cl)c2)C(C)(C)c2cccc(Cl)c2)C(=O)C(N)=O)C(=O)N1. The number of benzene rings is 2. The molecule has 1 heterocycles. The fraction of sp³-hybridized carbons (Fsp3) is 0.528. The number of rotatable bonds is 13. The molecule has 4 amide bonds. The lowest BCUT2D eigenvalue weighted by molar-refractivity contribution is -0.139. The predicted octanol–water partition coefficient (Wildman–Crippen LogP) is 5.92. The summed E-state index contributed by atoms with van der Waals surface area (Å²) in [6, 6.07) is 11.9. The minimum absolute atomic E-state index is 0.103. The number of nitrogens with two attached hydrogens (primary N) is 1. The van der Waals surface area contributed by atoms with E-state index in [-0.39, 0.29) is 18.2 Å². The molecule has 260 valence electrons. The van der Waals surface area contributed by atoms with Crippen molar-refractivity contribution in [2.45, 2.75) is 108 Å². The van der Waals surface area contributed by atoms with Crippen molar-refractivity contribution < 1.29 is 28.7 Å². The number of nitrogens with one attached hydrogen (secondary N) is 3. The molecule has 5 N–H and O–H groups in total. The van der Waals surface area contributed by atoms with Gasteiger partial charge in [-0.15, -0.1) is 0 Å². The number of primary amides is 1. The minimum Gasteiger partial charge on any atom is -0.440 e. The van der Waals surface area contributed by atoms with E-state index in [1.54, 1.807) is 30.3 Å². The quantitative estimate of drug-likeness (QED) is 0.190. The highest BCUT2D eigenvalue weighted by atomic mass is 35.5. The highest BCUT2D eigenvalue weighted by Crippen LogP contribution is 2.41. The van der Waals surface area contributed by atoms with Gasteiger partial charge >= 0.3 is 6.09 Å². The first-order valence-electron chi connectivity index (χ1n) is 16.5. The van der Waals surface area contributed by atoms with Crippen LogP contribution in [-0.4, -0.2) is 47.2 Å². The van der Waals surface area contributed by atoms with Crippen LogP contribution in [0, 0.1) is 11.8 Å². The van der Waals surface area contributed by atoms with Crippen molar-refractivity contribution in [3.8, 4) is 0 Å². The van der Waals surface area contributed by atoms with Gasteiger partial charge < -0.3 is 26.4 Å². The van der Waals surface area contributed by atoms with Crippen molar-refractivity contribution in [3.05, 3.63) is 69.7 Å². The van der Waals surface area contributed by atoms with Gasteiger partial charge in [0.1, 0.15) is 12.1 Å². The van der Waals surface area contributed by atoms with Gasteiger partial charge in [-0.3, -0.25) is 19.2 Å². The summed E-state index contributed by atoms with van der Waals surface area (Å²) in [5.41, 5.74) is 5.52. The number of hydrogen-bond donors (Lipinski definition) is 4. The normalized spacial score (nSPS) is 19.8. The van der Waals surface area contributed by atoms with E-state index < -0.39 is 58.8 Å². The van der Waals surface area contributed by atoms with Crippen LogP contribution in [0.1, 0.15) is 96.3 Å². The van der Waals surface area contributed by atoms with E-state index in [2.05, 4.69) is 16.0 Å². The number of Topliss-reactive ketones (excluding diaryl/α,β-unsaturated/α-hetero) is 1. The van der Waals surface area contributed by atoms with Crippen LogP contribution in [0.2, 0.25) is 10.0 Å². The number of carbonyl (C=O) groups is 5. The van der Waals surface area contributed by atoms with Gasteiger partial charge in [0, 0.05) is 26.9 Å². The highest BCUT2D eigenvalue weighted by molar-refractivity contribution is 6.38. The smallest absolute Gasteiger partial charge is 0.408 e. The van der Waals surface area contributed by atoms with Crippen LogP contribution in [0.5, 0.6) is 0 Å². The Balaban J connectivity index is 1.59. The maximum Gasteiger partial charge on any atom is 0.408 e. The molecule has 0 bridgehead atoms. The first-order chi connectivity index (χ1) is 22.6. The Morgan fingerprint density at radius 1 is 0.958 bits per heavy atom. The van der Waals surface area contributed by atoms with Gasteiger partial charge in [0.05, 0.1) is 6.04 Å². The highest BCUT2D eigenvalue weighted by Gasteiger charge is 2.42. The largest absolute Gasteiger partial charge is 0.440 e. The molecule has 2 aliphatic rings. The van der Waals surface area contributed by atoms with Crippen LogP contribution in [0.15, 0.2) is 48.5 Å². The Labute approximate surface area is 292 Å². The van der Waals surface area contributed by atoms with Crippen molar-refractivity contribution in [2.75, 3.05) is 0 Å². The molecule has 4 rings (SSSR count). The molecule has 0 radical (unpaired) electrons. The van der Waals surface area contributed by atoms with E-state index in [0.29, 0.717) is 28.5 Å². The predicted molar refractivity (Wildman–Crippen MR) is 184 cm³/mol. The van der Waals surface area contributed by atoms with Gasteiger partial charge in [-0.2, -0.15) is 0 Å². The minimum atomic E-state index is -1.34. The van der Waals surface area contributed by atoms with E-state index in [0.717, 1.165) is 37.7 Å². The van der Waals surface area contributed by atoms with Gasteiger partial charge in [-0.25, -0.2) is 4.79 Å². The Bertz CT molecular complexity index is 1520. The third-order valence-corrected chi connectivity index (χ3v) is 9.96. The van der Waals surface area contributed by atoms with Gasteiger partial charge in [0.2, 0.25) is 17.6 Å². The van der Waals surface area contributed by atoms with Crippen LogP contribution >= 0.6 is 23.2 Å². The van der Waals surface area contributed by atoms with Crippen LogP contribution in [0.4, 0.5) is 4.79 Å². The summed E-state index contributed by atoms with van der Waals surface area (Å²) in [6.45, 7) is 7.55. The Morgan fingerprint density at radius 3 is 2.19 bits per heavy atom. The fourth-order valence-corrected chi connectivity index (χ4v) is 7.35. The number of amides is 4. The molecule has 2 aromatic rings. The maximum atomic E-state index is 13.9. The number of carbonyl (C=O) groups excluding carboxylic acids is 5. The molecule has 0 spiro atoms. The molecule has 0 aromatic heterocycles. The van der Waals surface area contributed by atoms with Crippen LogP contribution < -0.4 is 21.7 Å². The van der Waals surface area contributed by atoms with Gasteiger partial charge in [-0.05, 0) is 74.4 Å². The van der Waals surface area contributed by atoms with Crippen molar-refractivity contribution in [1.29, 1.82) is 0 Å². The molecule has 4 atom stereocenters. The average Bonchev–Trinajstić information content (AvgIpc) is 3.29. The molecule has 2 fully saturated rings. The lowest BCUT2D eigenvalue weighted by atomic mass is 9.76. The van der Waals surface area contributed by atoms with Crippen LogP contribution in [0.3, 0.4) is 0 Å². The van der Waals surface area contributed by atoms with Crippen molar-refractivity contribution >= 4 is 52.8 Å². The molecule has 48 heavy (non-hydrogen) atoms. The van der Waals surface area contributed by atoms with Crippen molar-refractivity contribution in [3.63, 3.8) is 0 Å². The zero-order valence-corrected chi connectivity index (χ0v) is 29.5. The number of hydrogen-bond acceptors (Lipinski definition) is 6. The summed E-state index contributed by atoms with van der Waals surface area (Å²) in [7, 11) is 0. The molecule has 1 aliphatic carbocycles. The summed E-state index contributed by atoms with van der Waals surface area (Å²) in [6.07, 6.45) is 3.78. The molecule has 1 aliphatic heterocycles. The topological polar surface area (TPSA) is 157 Å². The zero-order valence-electron chi connectivity index (χ0n) is 27.9. The second kappa shape index (κ2) is 15.7. The summed E-state index contributed by atoms with van der Waals surface area (Å²) < 4.78 is 6.13. The van der Waals surface area contributed by atoms with Gasteiger partial charge in [0.15, 0.2) is 0 Å². The molecule has 10 nitrogen and oxygen atoms in total. The van der Waals surface area contributed by atoms with Gasteiger partial charge in [0.25, 0.3) is 5.91 Å². The third kappa shape index (κ3) is 9.72. The maximum absolute atomic E-state index is 13.9. The molecule has 12 heteroatoms. The first-order valence-corrected chi connectivity index (χ1v) is 17.3.